The Morgan fingerprint density at radius 1 is 1.47 bits per heavy atom. The number of carbonyl (C=O) groups is 1. The van der Waals surface area contributed by atoms with E-state index in [4.69, 9.17) is 14.3 Å². The minimum absolute atomic E-state index is 0.0494. The summed E-state index contributed by atoms with van der Waals surface area (Å²) in [4.78, 5) is 11.9. The summed E-state index contributed by atoms with van der Waals surface area (Å²) >= 11 is 3.25. The van der Waals surface area contributed by atoms with Crippen LogP contribution in [0, 0.1) is 0 Å². The number of halogens is 1. The van der Waals surface area contributed by atoms with Crippen LogP contribution in [0.5, 0.6) is 5.75 Å². The van der Waals surface area contributed by atoms with Gasteiger partial charge in [0.2, 0.25) is 0 Å². The van der Waals surface area contributed by atoms with Crippen molar-refractivity contribution < 1.29 is 19.1 Å². The average Bonchev–Trinajstić information content (AvgIpc) is 2.77. The van der Waals surface area contributed by atoms with E-state index in [1.165, 1.54) is 0 Å². The van der Waals surface area contributed by atoms with Crippen LogP contribution in [0.3, 0.4) is 0 Å². The Balaban J connectivity index is 2.30. The summed E-state index contributed by atoms with van der Waals surface area (Å²) in [5.74, 6) is 0.362. The van der Waals surface area contributed by atoms with E-state index < -0.39 is 0 Å². The Bertz CT molecular complexity index is 594. The summed E-state index contributed by atoms with van der Waals surface area (Å²) < 4.78 is 11.3. The van der Waals surface area contributed by atoms with E-state index in [2.05, 4.69) is 21.2 Å². The minimum atomic E-state index is -0.221. The smallest absolute Gasteiger partial charge is 0.251 e. The Hall–Kier alpha value is -1.53. The lowest BCUT2D eigenvalue weighted by molar-refractivity contribution is 0.0951. The van der Waals surface area contributed by atoms with Gasteiger partial charge >= 0.3 is 0 Å². The zero-order chi connectivity index (χ0) is 13.8. The van der Waals surface area contributed by atoms with Gasteiger partial charge in [-0.2, -0.15) is 0 Å². The molecule has 0 aliphatic heterocycles. The molecule has 1 aromatic heterocycles. The second kappa shape index (κ2) is 6.08. The van der Waals surface area contributed by atoms with E-state index in [0.29, 0.717) is 34.5 Å². The van der Waals surface area contributed by atoms with Crippen molar-refractivity contribution >= 4 is 32.8 Å². The fraction of sp³-hybridized carbons (Fsp3) is 0.308. The molecule has 0 saturated heterocycles. The maximum atomic E-state index is 11.9. The topological polar surface area (TPSA) is 71.7 Å². The largest absolute Gasteiger partial charge is 0.496 e. The molecule has 2 N–H and O–H groups in total. The number of aliphatic hydroxyl groups excluding tert-OH is 1. The molecule has 0 aliphatic rings. The molecule has 2 aromatic rings. The van der Waals surface area contributed by atoms with Gasteiger partial charge in [-0.05, 0) is 34.5 Å². The predicted octanol–water partition coefficient (Wildman–Crippen LogP) is 2.32. The first-order chi connectivity index (χ1) is 9.15. The number of furan rings is 1. The molecule has 0 fully saturated rings. The minimum Gasteiger partial charge on any atom is -0.496 e. The number of ether oxygens (including phenoxy) is 1. The van der Waals surface area contributed by atoms with Gasteiger partial charge < -0.3 is 19.6 Å². The highest BCUT2D eigenvalue weighted by Crippen LogP contribution is 2.32. The van der Waals surface area contributed by atoms with Crippen LogP contribution in [0.2, 0.25) is 0 Å². The number of hydrogen-bond donors (Lipinski definition) is 2. The lowest BCUT2D eigenvalue weighted by Crippen LogP contribution is -2.25. The first-order valence-corrected chi connectivity index (χ1v) is 6.61. The zero-order valence-electron chi connectivity index (χ0n) is 10.4. The molecule has 0 unspecified atom stereocenters. The van der Waals surface area contributed by atoms with E-state index >= 15 is 0 Å². The number of fused-ring (bicyclic) bond motifs is 1. The number of hydrogen-bond acceptors (Lipinski definition) is 4. The van der Waals surface area contributed by atoms with Crippen LogP contribution >= 0.6 is 15.9 Å². The first kappa shape index (κ1) is 13.9. The first-order valence-electron chi connectivity index (χ1n) is 5.82. The third-order valence-electron chi connectivity index (χ3n) is 2.67. The molecule has 0 saturated carbocycles. The average molecular weight is 328 g/mol. The van der Waals surface area contributed by atoms with Gasteiger partial charge in [0.15, 0.2) is 4.67 Å². The molecule has 0 atom stereocenters. The molecule has 0 spiro atoms. The SMILES string of the molecule is COc1cc(C(=O)NCCCO)cc2oc(Br)cc12. The summed E-state index contributed by atoms with van der Waals surface area (Å²) in [6, 6.07) is 5.12. The monoisotopic (exact) mass is 327 g/mol. The van der Waals surface area contributed by atoms with E-state index in [0.717, 1.165) is 5.39 Å². The highest BCUT2D eigenvalue weighted by atomic mass is 79.9. The normalized spacial score (nSPS) is 10.7. The van der Waals surface area contributed by atoms with Crippen molar-refractivity contribution in [1.29, 1.82) is 0 Å². The number of nitrogens with one attached hydrogen (secondary N) is 1. The van der Waals surface area contributed by atoms with Crippen LogP contribution < -0.4 is 10.1 Å². The molecule has 6 heteroatoms. The molecule has 102 valence electrons. The summed E-state index contributed by atoms with van der Waals surface area (Å²) in [5, 5.41) is 12.2. The maximum absolute atomic E-state index is 11.9. The van der Waals surface area contributed by atoms with Gasteiger partial charge in [-0.15, -0.1) is 0 Å². The fourth-order valence-corrected chi connectivity index (χ4v) is 2.16. The molecule has 0 aliphatic carbocycles. The van der Waals surface area contributed by atoms with Crippen molar-refractivity contribution in [2.45, 2.75) is 6.42 Å². The quantitative estimate of drug-likeness (QED) is 0.827. The second-order valence-corrected chi connectivity index (χ2v) is 4.76. The molecule has 2 rings (SSSR count). The van der Waals surface area contributed by atoms with Crippen molar-refractivity contribution in [2.24, 2.45) is 0 Å². The third-order valence-corrected chi connectivity index (χ3v) is 3.06. The molecule has 5 nitrogen and oxygen atoms in total. The lowest BCUT2D eigenvalue weighted by Gasteiger charge is -2.07. The number of aliphatic hydroxyl groups is 1. The fourth-order valence-electron chi connectivity index (χ4n) is 1.76. The zero-order valence-corrected chi connectivity index (χ0v) is 12.0. The summed E-state index contributed by atoms with van der Waals surface area (Å²) in [6.07, 6.45) is 0.525. The van der Waals surface area contributed by atoms with Crippen LogP contribution in [0.1, 0.15) is 16.8 Å². The number of carbonyl (C=O) groups excluding carboxylic acids is 1. The van der Waals surface area contributed by atoms with Crippen molar-refractivity contribution in [3.05, 3.63) is 28.4 Å². The van der Waals surface area contributed by atoms with E-state index in [1.54, 1.807) is 25.3 Å². The van der Waals surface area contributed by atoms with Crippen LogP contribution in [-0.2, 0) is 0 Å². The second-order valence-electron chi connectivity index (χ2n) is 3.97. The highest BCUT2D eigenvalue weighted by molar-refractivity contribution is 9.10. The van der Waals surface area contributed by atoms with Gasteiger partial charge in [0.25, 0.3) is 5.91 Å². The van der Waals surface area contributed by atoms with Crippen molar-refractivity contribution in [3.63, 3.8) is 0 Å². The van der Waals surface area contributed by atoms with Gasteiger partial charge in [-0.1, -0.05) is 0 Å². The highest BCUT2D eigenvalue weighted by Gasteiger charge is 2.13. The van der Waals surface area contributed by atoms with E-state index in [9.17, 15) is 4.79 Å². The molecule has 1 heterocycles. The number of methoxy groups -OCH3 is 1. The van der Waals surface area contributed by atoms with Gasteiger partial charge in [0, 0.05) is 24.8 Å². The Morgan fingerprint density at radius 3 is 2.95 bits per heavy atom. The van der Waals surface area contributed by atoms with E-state index in [1.807, 2.05) is 0 Å². The van der Waals surface area contributed by atoms with Crippen molar-refractivity contribution in [3.8, 4) is 5.75 Å². The summed E-state index contributed by atoms with van der Waals surface area (Å²) in [7, 11) is 1.54. The predicted molar refractivity (Wildman–Crippen MR) is 74.5 cm³/mol. The number of benzene rings is 1. The van der Waals surface area contributed by atoms with Gasteiger partial charge in [-0.25, -0.2) is 0 Å². The number of rotatable bonds is 5. The van der Waals surface area contributed by atoms with Crippen LogP contribution in [0.25, 0.3) is 11.0 Å². The molecule has 0 radical (unpaired) electrons. The molecule has 0 bridgehead atoms. The van der Waals surface area contributed by atoms with Gasteiger partial charge in [0.05, 0.1) is 12.5 Å². The van der Waals surface area contributed by atoms with Crippen LogP contribution in [0.4, 0.5) is 0 Å². The van der Waals surface area contributed by atoms with Crippen LogP contribution in [-0.4, -0.2) is 31.3 Å². The van der Waals surface area contributed by atoms with Crippen molar-refractivity contribution in [2.75, 3.05) is 20.3 Å². The molecular formula is C13H14BrNO4. The Morgan fingerprint density at radius 2 is 2.26 bits per heavy atom. The lowest BCUT2D eigenvalue weighted by atomic mass is 10.1. The summed E-state index contributed by atoms with van der Waals surface area (Å²) in [6.45, 7) is 0.477. The standard InChI is InChI=1S/C13H14BrNO4/c1-18-10-5-8(13(17)15-3-2-4-16)6-11-9(10)7-12(14)19-11/h5-7,16H,2-4H2,1H3,(H,15,17). The van der Waals surface area contributed by atoms with Gasteiger partial charge in [-0.3, -0.25) is 4.79 Å². The molecule has 1 amide bonds. The Kier molecular flexibility index (Phi) is 4.44. The third kappa shape index (κ3) is 3.08. The Labute approximate surface area is 118 Å². The van der Waals surface area contributed by atoms with E-state index in [-0.39, 0.29) is 12.5 Å². The molecular weight excluding hydrogens is 314 g/mol. The van der Waals surface area contributed by atoms with Gasteiger partial charge in [0.1, 0.15) is 11.3 Å². The van der Waals surface area contributed by atoms with Crippen LogP contribution in [0.15, 0.2) is 27.3 Å². The maximum Gasteiger partial charge on any atom is 0.251 e. The molecule has 19 heavy (non-hydrogen) atoms. The number of amides is 1. The van der Waals surface area contributed by atoms with Crippen molar-refractivity contribution in [1.82, 2.24) is 5.32 Å². The molecule has 1 aromatic carbocycles. The summed E-state index contributed by atoms with van der Waals surface area (Å²) in [5.41, 5.74) is 1.04.